The Kier molecular flexibility index (Phi) is 4.80. The second-order valence-corrected chi connectivity index (χ2v) is 5.17. The highest BCUT2D eigenvalue weighted by atomic mass is 35.5. The fourth-order valence-corrected chi connectivity index (χ4v) is 2.62. The summed E-state index contributed by atoms with van der Waals surface area (Å²) in [7, 11) is 0. The smallest absolute Gasteiger partial charge is 0.128 e. The summed E-state index contributed by atoms with van der Waals surface area (Å²) in [6.07, 6.45) is 4.72. The maximum atomic E-state index is 9.21. The Labute approximate surface area is 112 Å². The van der Waals surface area contributed by atoms with Crippen molar-refractivity contribution in [3.8, 4) is 0 Å². The Morgan fingerprint density at radius 2 is 2.28 bits per heavy atom. The van der Waals surface area contributed by atoms with Gasteiger partial charge in [0.05, 0.1) is 11.6 Å². The zero-order valence-electron chi connectivity index (χ0n) is 10.3. The van der Waals surface area contributed by atoms with Crippen LogP contribution in [0.5, 0.6) is 0 Å². The molecule has 1 atom stereocenters. The van der Waals surface area contributed by atoms with Crippen molar-refractivity contribution in [1.82, 2.24) is 4.98 Å². The Morgan fingerprint density at radius 3 is 3.00 bits per heavy atom. The van der Waals surface area contributed by atoms with Gasteiger partial charge in [-0.15, -0.1) is 0 Å². The predicted molar refractivity (Wildman–Crippen MR) is 71.8 cm³/mol. The van der Waals surface area contributed by atoms with Gasteiger partial charge in [-0.3, -0.25) is 0 Å². The van der Waals surface area contributed by atoms with Gasteiger partial charge >= 0.3 is 0 Å². The molecule has 1 aliphatic heterocycles. The van der Waals surface area contributed by atoms with Crippen molar-refractivity contribution in [1.29, 1.82) is 0 Å². The summed E-state index contributed by atoms with van der Waals surface area (Å²) < 4.78 is 0. The molecule has 0 aliphatic carbocycles. The largest absolute Gasteiger partial charge is 0.396 e. The molecule has 1 unspecified atom stereocenters. The fraction of sp³-hybridized carbons (Fsp3) is 0.615. The third-order valence-electron chi connectivity index (χ3n) is 3.47. The first-order valence-corrected chi connectivity index (χ1v) is 6.73. The van der Waals surface area contributed by atoms with Crippen molar-refractivity contribution in [2.24, 2.45) is 5.92 Å². The van der Waals surface area contributed by atoms with E-state index in [0.29, 0.717) is 16.5 Å². The van der Waals surface area contributed by atoms with Crippen LogP contribution >= 0.6 is 11.6 Å². The van der Waals surface area contributed by atoms with Crippen LogP contribution in [0.25, 0.3) is 0 Å². The fourth-order valence-electron chi connectivity index (χ4n) is 2.45. The molecule has 0 radical (unpaired) electrons. The number of pyridine rings is 1. The lowest BCUT2D eigenvalue weighted by molar-refractivity contribution is 0.244. The summed E-state index contributed by atoms with van der Waals surface area (Å²) in [5.74, 6) is 1.39. The van der Waals surface area contributed by atoms with Crippen LogP contribution in [0.2, 0.25) is 5.02 Å². The van der Waals surface area contributed by atoms with E-state index in [1.54, 1.807) is 6.20 Å². The summed E-state index contributed by atoms with van der Waals surface area (Å²) in [6.45, 7) is 2.07. The SMILES string of the molecule is OCCC1CCCN(c2cc(CO)c(Cl)cn2)C1. The normalized spacial score (nSPS) is 20.2. The summed E-state index contributed by atoms with van der Waals surface area (Å²) in [5.41, 5.74) is 0.714. The molecule has 2 heterocycles. The van der Waals surface area contributed by atoms with Crippen LogP contribution in [-0.4, -0.2) is 34.9 Å². The molecule has 0 amide bonds. The molecule has 1 aromatic heterocycles. The lowest BCUT2D eigenvalue weighted by atomic mass is 9.95. The van der Waals surface area contributed by atoms with Crippen LogP contribution in [-0.2, 0) is 6.61 Å². The van der Waals surface area contributed by atoms with Gasteiger partial charge in [-0.1, -0.05) is 11.6 Å². The third-order valence-corrected chi connectivity index (χ3v) is 3.81. The number of aromatic nitrogens is 1. The molecule has 0 spiro atoms. The highest BCUT2D eigenvalue weighted by Crippen LogP contribution is 2.26. The van der Waals surface area contributed by atoms with Crippen LogP contribution in [0, 0.1) is 5.92 Å². The van der Waals surface area contributed by atoms with Crippen molar-refractivity contribution in [2.45, 2.75) is 25.9 Å². The number of aliphatic hydroxyl groups is 2. The van der Waals surface area contributed by atoms with Gasteiger partial charge in [0, 0.05) is 31.5 Å². The summed E-state index contributed by atoms with van der Waals surface area (Å²) in [4.78, 5) is 6.53. The number of piperidine rings is 1. The predicted octanol–water partition coefficient (Wildman–Crippen LogP) is 1.83. The molecule has 1 aromatic rings. The highest BCUT2D eigenvalue weighted by molar-refractivity contribution is 6.31. The van der Waals surface area contributed by atoms with Gasteiger partial charge in [0.1, 0.15) is 5.82 Å². The second kappa shape index (κ2) is 6.36. The molecule has 0 saturated carbocycles. The van der Waals surface area contributed by atoms with Crippen molar-refractivity contribution in [3.05, 3.63) is 22.8 Å². The average Bonchev–Trinajstić information content (AvgIpc) is 2.40. The topological polar surface area (TPSA) is 56.6 Å². The third kappa shape index (κ3) is 3.13. The Hall–Kier alpha value is -0.840. The van der Waals surface area contributed by atoms with E-state index in [1.165, 1.54) is 0 Å². The Balaban J connectivity index is 2.10. The minimum Gasteiger partial charge on any atom is -0.396 e. The Bertz CT molecular complexity index is 399. The molecule has 1 aliphatic rings. The van der Waals surface area contributed by atoms with Crippen molar-refractivity contribution < 1.29 is 10.2 Å². The summed E-state index contributed by atoms with van der Waals surface area (Å²) >= 11 is 5.94. The van der Waals surface area contributed by atoms with E-state index in [0.717, 1.165) is 38.2 Å². The van der Waals surface area contributed by atoms with E-state index in [2.05, 4.69) is 9.88 Å². The first-order chi connectivity index (χ1) is 8.74. The van der Waals surface area contributed by atoms with E-state index >= 15 is 0 Å². The molecule has 18 heavy (non-hydrogen) atoms. The second-order valence-electron chi connectivity index (χ2n) is 4.76. The molecule has 0 aromatic carbocycles. The van der Waals surface area contributed by atoms with Gasteiger partial charge in [-0.05, 0) is 31.2 Å². The average molecular weight is 271 g/mol. The maximum absolute atomic E-state index is 9.21. The zero-order chi connectivity index (χ0) is 13.0. The minimum absolute atomic E-state index is 0.0672. The first-order valence-electron chi connectivity index (χ1n) is 6.35. The quantitative estimate of drug-likeness (QED) is 0.876. The van der Waals surface area contributed by atoms with E-state index in [9.17, 15) is 5.11 Å². The van der Waals surface area contributed by atoms with Gasteiger partial charge in [0.25, 0.3) is 0 Å². The van der Waals surface area contributed by atoms with Crippen LogP contribution in [0.3, 0.4) is 0 Å². The van der Waals surface area contributed by atoms with Crippen LogP contribution in [0.15, 0.2) is 12.3 Å². The monoisotopic (exact) mass is 270 g/mol. The van der Waals surface area contributed by atoms with Crippen LogP contribution in [0.1, 0.15) is 24.8 Å². The molecular weight excluding hydrogens is 252 g/mol. The number of hydrogen-bond donors (Lipinski definition) is 2. The number of halogens is 1. The van der Waals surface area contributed by atoms with Crippen molar-refractivity contribution in [2.75, 3.05) is 24.6 Å². The van der Waals surface area contributed by atoms with Crippen molar-refractivity contribution >= 4 is 17.4 Å². The highest BCUT2D eigenvalue weighted by Gasteiger charge is 2.20. The van der Waals surface area contributed by atoms with E-state index in [1.807, 2.05) is 6.07 Å². The number of anilines is 1. The molecule has 1 fully saturated rings. The standard InChI is InChI=1S/C13H19ClN2O2/c14-12-7-15-13(6-11(12)9-18)16-4-1-2-10(8-16)3-5-17/h6-7,10,17-18H,1-5,8-9H2. The van der Waals surface area contributed by atoms with Gasteiger partial charge in [0.15, 0.2) is 0 Å². The molecule has 2 rings (SSSR count). The van der Waals surface area contributed by atoms with E-state index in [4.69, 9.17) is 16.7 Å². The van der Waals surface area contributed by atoms with Gasteiger partial charge < -0.3 is 15.1 Å². The number of hydrogen-bond acceptors (Lipinski definition) is 4. The van der Waals surface area contributed by atoms with Gasteiger partial charge in [0.2, 0.25) is 0 Å². The van der Waals surface area contributed by atoms with Gasteiger partial charge in [-0.25, -0.2) is 4.98 Å². The molecule has 0 bridgehead atoms. The van der Waals surface area contributed by atoms with Gasteiger partial charge in [-0.2, -0.15) is 0 Å². The first kappa shape index (κ1) is 13.6. The molecular formula is C13H19ClN2O2. The molecule has 4 nitrogen and oxygen atoms in total. The lowest BCUT2D eigenvalue weighted by Crippen LogP contribution is -2.36. The zero-order valence-corrected chi connectivity index (χ0v) is 11.1. The van der Waals surface area contributed by atoms with Crippen LogP contribution in [0.4, 0.5) is 5.82 Å². The molecule has 1 saturated heterocycles. The van der Waals surface area contributed by atoms with E-state index < -0.39 is 0 Å². The molecule has 100 valence electrons. The van der Waals surface area contributed by atoms with E-state index in [-0.39, 0.29) is 13.2 Å². The summed E-state index contributed by atoms with van der Waals surface area (Å²) in [5, 5.41) is 18.7. The molecule has 2 N–H and O–H groups in total. The number of nitrogens with zero attached hydrogens (tertiary/aromatic N) is 2. The minimum atomic E-state index is -0.0672. The summed E-state index contributed by atoms with van der Waals surface area (Å²) in [6, 6.07) is 1.85. The van der Waals surface area contributed by atoms with Crippen LogP contribution < -0.4 is 4.90 Å². The number of aliphatic hydroxyl groups excluding tert-OH is 2. The number of rotatable bonds is 4. The maximum Gasteiger partial charge on any atom is 0.128 e. The Morgan fingerprint density at radius 1 is 1.44 bits per heavy atom. The van der Waals surface area contributed by atoms with Crippen molar-refractivity contribution in [3.63, 3.8) is 0 Å². The lowest BCUT2D eigenvalue weighted by Gasteiger charge is -2.33. The molecule has 5 heteroatoms.